The smallest absolute Gasteiger partial charge is 0.347 e. The third-order valence-electron chi connectivity index (χ3n) is 3.45. The lowest BCUT2D eigenvalue weighted by molar-refractivity contribution is -0.170. The highest BCUT2D eigenvalue weighted by Gasteiger charge is 2.50. The van der Waals surface area contributed by atoms with E-state index >= 15 is 0 Å². The van der Waals surface area contributed by atoms with E-state index in [1.165, 1.54) is 0 Å². The summed E-state index contributed by atoms with van der Waals surface area (Å²) in [5.41, 5.74) is 0. The molecule has 20 heavy (non-hydrogen) atoms. The first kappa shape index (κ1) is 17.4. The molecule has 2 unspecified atom stereocenters. The molecule has 1 fully saturated rings. The molecule has 1 aliphatic carbocycles. The number of carbonyl (C=O) groups is 2. The fraction of sp³-hybridized carbons (Fsp3) is 0.833. The molecule has 1 saturated carbocycles. The van der Waals surface area contributed by atoms with Crippen LogP contribution in [0, 0.1) is 5.92 Å². The van der Waals surface area contributed by atoms with E-state index < -0.39 is 30.2 Å². The van der Waals surface area contributed by atoms with Crippen molar-refractivity contribution in [3.05, 3.63) is 0 Å². The molecule has 1 amide bonds. The van der Waals surface area contributed by atoms with Gasteiger partial charge in [0, 0.05) is 12.0 Å². The molecule has 0 spiro atoms. The number of hydrogen-bond acceptors (Lipinski definition) is 2. The predicted molar refractivity (Wildman–Crippen MR) is 68.3 cm³/mol. The highest BCUT2D eigenvalue weighted by atomic mass is 79.9. The van der Waals surface area contributed by atoms with Crippen LogP contribution in [0.4, 0.5) is 17.6 Å². The van der Waals surface area contributed by atoms with Crippen LogP contribution in [-0.2, 0) is 9.59 Å². The summed E-state index contributed by atoms with van der Waals surface area (Å²) in [6.45, 7) is 0. The molecule has 0 saturated heterocycles. The van der Waals surface area contributed by atoms with Crippen molar-refractivity contribution >= 4 is 27.6 Å². The molecule has 0 aliphatic heterocycles. The number of carbonyl (C=O) groups excluding carboxylic acids is 2. The largest absolute Gasteiger partial charge is 0.383 e. The van der Waals surface area contributed by atoms with Crippen LogP contribution >= 0.6 is 15.9 Å². The standard InChI is InChI=1S/C12H16BrF4NO2/c13-6-9(19)7-4-2-1-3-5-8(7)18-11(20)12(16,17)10(14)15/h7-8,10H,1-6H2,(H,18,20). The monoisotopic (exact) mass is 361 g/mol. The molecule has 2 atom stereocenters. The molecular formula is C12H16BrF4NO2. The zero-order chi connectivity index (χ0) is 15.3. The van der Waals surface area contributed by atoms with Crippen LogP contribution in [0.2, 0.25) is 0 Å². The van der Waals surface area contributed by atoms with E-state index in [0.717, 1.165) is 12.8 Å². The number of ketones is 1. The molecule has 0 aromatic carbocycles. The molecule has 0 aromatic heterocycles. The fourth-order valence-corrected chi connectivity index (χ4v) is 2.74. The SMILES string of the molecule is O=C(CBr)C1CCCCCC1NC(=O)C(F)(F)C(F)F. The van der Waals surface area contributed by atoms with Gasteiger partial charge in [0.2, 0.25) is 0 Å². The van der Waals surface area contributed by atoms with Crippen LogP contribution < -0.4 is 5.32 Å². The number of hydrogen-bond donors (Lipinski definition) is 1. The summed E-state index contributed by atoms with van der Waals surface area (Å²) in [4.78, 5) is 23.0. The fourth-order valence-electron chi connectivity index (χ4n) is 2.33. The predicted octanol–water partition coefficient (Wildman–Crippen LogP) is 2.92. The molecular weight excluding hydrogens is 346 g/mol. The third kappa shape index (κ3) is 4.17. The molecule has 8 heteroatoms. The maximum absolute atomic E-state index is 13.0. The molecule has 0 bridgehead atoms. The quantitative estimate of drug-likeness (QED) is 0.465. The van der Waals surface area contributed by atoms with Gasteiger partial charge in [0.1, 0.15) is 5.78 Å². The van der Waals surface area contributed by atoms with Crippen LogP contribution in [-0.4, -0.2) is 35.4 Å². The minimum atomic E-state index is -4.73. The maximum atomic E-state index is 13.0. The van der Waals surface area contributed by atoms with Crippen molar-refractivity contribution in [2.75, 3.05) is 5.33 Å². The Balaban J connectivity index is 2.80. The van der Waals surface area contributed by atoms with Crippen molar-refractivity contribution in [2.45, 2.75) is 50.5 Å². The molecule has 1 aliphatic rings. The first-order valence-corrected chi connectivity index (χ1v) is 7.48. The number of amides is 1. The van der Waals surface area contributed by atoms with E-state index in [0.29, 0.717) is 19.3 Å². The second kappa shape index (κ2) is 7.38. The van der Waals surface area contributed by atoms with Gasteiger partial charge in [-0.15, -0.1) is 0 Å². The second-order valence-corrected chi connectivity index (χ2v) is 5.41. The first-order chi connectivity index (χ1) is 9.30. The highest BCUT2D eigenvalue weighted by Crippen LogP contribution is 2.28. The number of nitrogens with one attached hydrogen (secondary N) is 1. The molecule has 0 aromatic rings. The average molecular weight is 362 g/mol. The summed E-state index contributed by atoms with van der Waals surface area (Å²) in [6, 6.07) is -0.806. The molecule has 0 radical (unpaired) electrons. The van der Waals surface area contributed by atoms with Gasteiger partial charge in [0.05, 0.1) is 5.33 Å². The minimum absolute atomic E-state index is 0.0509. The number of Topliss-reactive ketones (excluding diaryl/α,β-unsaturated/α-hetero) is 1. The highest BCUT2D eigenvalue weighted by molar-refractivity contribution is 9.09. The minimum Gasteiger partial charge on any atom is -0.347 e. The first-order valence-electron chi connectivity index (χ1n) is 6.36. The zero-order valence-corrected chi connectivity index (χ0v) is 12.3. The molecule has 0 heterocycles. The Bertz CT molecular complexity index is 365. The Kier molecular flexibility index (Phi) is 6.42. The number of alkyl halides is 5. The summed E-state index contributed by atoms with van der Waals surface area (Å²) < 4.78 is 50.2. The van der Waals surface area contributed by atoms with E-state index in [2.05, 4.69) is 15.9 Å². The third-order valence-corrected chi connectivity index (χ3v) is 4.01. The van der Waals surface area contributed by atoms with Gasteiger partial charge in [0.25, 0.3) is 5.91 Å². The lowest BCUT2D eigenvalue weighted by Gasteiger charge is -2.26. The Morgan fingerprint density at radius 3 is 2.35 bits per heavy atom. The maximum Gasteiger partial charge on any atom is 0.383 e. The Labute approximate surface area is 122 Å². The number of rotatable bonds is 5. The molecule has 1 rings (SSSR count). The van der Waals surface area contributed by atoms with Crippen molar-refractivity contribution in [1.29, 1.82) is 0 Å². The van der Waals surface area contributed by atoms with E-state index in [-0.39, 0.29) is 11.1 Å². The van der Waals surface area contributed by atoms with Gasteiger partial charge >= 0.3 is 12.3 Å². The van der Waals surface area contributed by atoms with Crippen LogP contribution in [0.5, 0.6) is 0 Å². The summed E-state index contributed by atoms with van der Waals surface area (Å²) in [5, 5.41) is 1.99. The lowest BCUT2D eigenvalue weighted by atomic mass is 9.91. The number of halogens is 5. The van der Waals surface area contributed by atoms with Gasteiger partial charge in [-0.1, -0.05) is 35.2 Å². The summed E-state index contributed by atoms with van der Waals surface area (Å²) in [5.74, 6) is -7.55. The summed E-state index contributed by atoms with van der Waals surface area (Å²) >= 11 is 3.00. The molecule has 3 nitrogen and oxygen atoms in total. The van der Waals surface area contributed by atoms with E-state index in [4.69, 9.17) is 0 Å². The van der Waals surface area contributed by atoms with E-state index in [9.17, 15) is 27.2 Å². The Morgan fingerprint density at radius 2 is 1.80 bits per heavy atom. The Morgan fingerprint density at radius 1 is 1.20 bits per heavy atom. The van der Waals surface area contributed by atoms with Gasteiger partial charge < -0.3 is 5.32 Å². The van der Waals surface area contributed by atoms with Gasteiger partial charge in [-0.2, -0.15) is 8.78 Å². The van der Waals surface area contributed by atoms with Crippen molar-refractivity contribution in [3.63, 3.8) is 0 Å². The summed E-state index contributed by atoms with van der Waals surface area (Å²) in [6.07, 6.45) is -1.01. The normalized spacial score (nSPS) is 24.3. The van der Waals surface area contributed by atoms with Gasteiger partial charge in [0.15, 0.2) is 0 Å². The average Bonchev–Trinajstić information content (AvgIpc) is 2.63. The van der Waals surface area contributed by atoms with Crippen LogP contribution in [0.3, 0.4) is 0 Å². The van der Waals surface area contributed by atoms with Crippen LogP contribution in [0.15, 0.2) is 0 Å². The van der Waals surface area contributed by atoms with Crippen molar-refractivity contribution < 1.29 is 27.2 Å². The van der Waals surface area contributed by atoms with E-state index in [1.807, 2.05) is 5.32 Å². The second-order valence-electron chi connectivity index (χ2n) is 4.85. The van der Waals surface area contributed by atoms with Gasteiger partial charge in [-0.3, -0.25) is 9.59 Å². The van der Waals surface area contributed by atoms with E-state index in [1.54, 1.807) is 0 Å². The lowest BCUT2D eigenvalue weighted by Crippen LogP contribution is -2.52. The van der Waals surface area contributed by atoms with Crippen molar-refractivity contribution in [2.24, 2.45) is 5.92 Å². The summed E-state index contributed by atoms with van der Waals surface area (Å²) in [7, 11) is 0. The van der Waals surface area contributed by atoms with Crippen LogP contribution in [0.25, 0.3) is 0 Å². The zero-order valence-electron chi connectivity index (χ0n) is 10.7. The van der Waals surface area contributed by atoms with Crippen molar-refractivity contribution in [3.8, 4) is 0 Å². The molecule has 116 valence electrons. The van der Waals surface area contributed by atoms with Crippen LogP contribution in [0.1, 0.15) is 32.1 Å². The van der Waals surface area contributed by atoms with Gasteiger partial charge in [-0.25, -0.2) is 8.78 Å². The van der Waals surface area contributed by atoms with Gasteiger partial charge in [-0.05, 0) is 12.8 Å². The molecule has 1 N–H and O–H groups in total. The topological polar surface area (TPSA) is 46.2 Å². The van der Waals surface area contributed by atoms with Crippen molar-refractivity contribution in [1.82, 2.24) is 5.32 Å². The Hall–Kier alpha value is -0.660.